The highest BCUT2D eigenvalue weighted by molar-refractivity contribution is 4.50. The fraction of sp³-hybridized carbons (Fsp3) is 0.833. The van der Waals surface area contributed by atoms with Gasteiger partial charge in [0.2, 0.25) is 0 Å². The van der Waals surface area contributed by atoms with E-state index in [1.807, 2.05) is 0 Å². The van der Waals surface area contributed by atoms with Crippen LogP contribution in [0.1, 0.15) is 58.3 Å². The molecule has 0 aromatic heterocycles. The van der Waals surface area contributed by atoms with Gasteiger partial charge in [-0.2, -0.15) is 0 Å². The molecular formula is C12H26O3. The van der Waals surface area contributed by atoms with Crippen LogP contribution in [-0.4, -0.2) is 21.3 Å². The molecule has 0 spiro atoms. The van der Waals surface area contributed by atoms with Crippen molar-refractivity contribution in [2.24, 2.45) is 0 Å². The van der Waals surface area contributed by atoms with E-state index in [-0.39, 0.29) is 6.42 Å². The van der Waals surface area contributed by atoms with Gasteiger partial charge in [0.05, 0.1) is 0 Å². The molecule has 0 aromatic rings. The van der Waals surface area contributed by atoms with Crippen LogP contribution in [0.15, 0.2) is 13.2 Å². The smallest absolute Gasteiger partial charge is 0.275 e. The highest BCUT2D eigenvalue weighted by Gasteiger charge is 2.16. The molecule has 0 saturated carbocycles. The number of rotatable bonds is 8. The lowest BCUT2D eigenvalue weighted by molar-refractivity contribution is -0.315. The summed E-state index contributed by atoms with van der Waals surface area (Å²) < 4.78 is 0. The Morgan fingerprint density at radius 2 is 1.20 bits per heavy atom. The molecule has 0 aromatic carbocycles. The molecule has 3 N–H and O–H groups in total. The van der Waals surface area contributed by atoms with Gasteiger partial charge in [-0.3, -0.25) is 0 Å². The summed E-state index contributed by atoms with van der Waals surface area (Å²) in [6.07, 6.45) is 7.82. The summed E-state index contributed by atoms with van der Waals surface area (Å²) in [5.41, 5.74) is 0. The third-order valence-electron chi connectivity index (χ3n) is 2.12. The predicted molar refractivity (Wildman–Crippen MR) is 63.3 cm³/mol. The minimum Gasteiger partial charge on any atom is -0.344 e. The number of aliphatic hydroxyl groups is 3. The van der Waals surface area contributed by atoms with Gasteiger partial charge in [-0.15, -0.1) is 13.2 Å². The summed E-state index contributed by atoms with van der Waals surface area (Å²) in [7, 11) is 0. The Labute approximate surface area is 93.5 Å². The first kappa shape index (κ1) is 17.0. The van der Waals surface area contributed by atoms with E-state index < -0.39 is 5.97 Å². The first-order valence-corrected chi connectivity index (χ1v) is 5.73. The van der Waals surface area contributed by atoms with E-state index in [4.69, 9.17) is 15.3 Å². The maximum atomic E-state index is 8.57. The van der Waals surface area contributed by atoms with Gasteiger partial charge in [-0.25, -0.2) is 0 Å². The van der Waals surface area contributed by atoms with Crippen molar-refractivity contribution in [3.8, 4) is 0 Å². The van der Waals surface area contributed by atoms with E-state index in [0.717, 1.165) is 12.8 Å². The van der Waals surface area contributed by atoms with Crippen molar-refractivity contribution in [2.45, 2.75) is 64.3 Å². The van der Waals surface area contributed by atoms with E-state index in [9.17, 15) is 0 Å². The predicted octanol–water partition coefficient (Wildman–Crippen LogP) is 2.56. The molecule has 0 amide bonds. The zero-order valence-electron chi connectivity index (χ0n) is 9.91. The van der Waals surface area contributed by atoms with Crippen LogP contribution in [0.4, 0.5) is 0 Å². The van der Waals surface area contributed by atoms with Crippen LogP contribution < -0.4 is 0 Å². The van der Waals surface area contributed by atoms with E-state index in [1.165, 1.54) is 25.7 Å². The highest BCUT2D eigenvalue weighted by atomic mass is 16.7. The third-order valence-corrected chi connectivity index (χ3v) is 2.12. The molecule has 3 nitrogen and oxygen atoms in total. The first-order chi connectivity index (χ1) is 7.06. The fourth-order valence-corrected chi connectivity index (χ4v) is 1.32. The molecule has 3 heteroatoms. The average Bonchev–Trinajstić information content (AvgIpc) is 2.18. The van der Waals surface area contributed by atoms with Gasteiger partial charge in [-0.05, 0) is 6.42 Å². The second kappa shape index (κ2) is 11.7. The van der Waals surface area contributed by atoms with E-state index in [2.05, 4.69) is 20.1 Å². The van der Waals surface area contributed by atoms with Crippen molar-refractivity contribution >= 4 is 0 Å². The second-order valence-electron chi connectivity index (χ2n) is 3.65. The molecule has 0 rings (SSSR count). The summed E-state index contributed by atoms with van der Waals surface area (Å²) >= 11 is 0. The molecule has 15 heavy (non-hydrogen) atoms. The van der Waals surface area contributed by atoms with Crippen LogP contribution in [0.25, 0.3) is 0 Å². The summed E-state index contributed by atoms with van der Waals surface area (Å²) in [6.45, 7) is 8.18. The molecule has 0 bridgehead atoms. The maximum Gasteiger partial charge on any atom is 0.275 e. The van der Waals surface area contributed by atoms with E-state index in [0.29, 0.717) is 6.42 Å². The molecule has 0 aliphatic heterocycles. The monoisotopic (exact) mass is 218 g/mol. The number of unbranched alkanes of at least 4 members (excludes halogenated alkanes) is 6. The summed E-state index contributed by atoms with van der Waals surface area (Å²) in [6, 6.07) is 0. The fourth-order valence-electron chi connectivity index (χ4n) is 1.32. The Bertz CT molecular complexity index is 119. The molecule has 0 atom stereocenters. The van der Waals surface area contributed by atoms with Gasteiger partial charge < -0.3 is 15.3 Å². The first-order valence-electron chi connectivity index (χ1n) is 5.73. The molecule has 0 aliphatic rings. The topological polar surface area (TPSA) is 60.7 Å². The van der Waals surface area contributed by atoms with Crippen LogP contribution >= 0.6 is 0 Å². The van der Waals surface area contributed by atoms with E-state index >= 15 is 0 Å². The van der Waals surface area contributed by atoms with Gasteiger partial charge in [0, 0.05) is 6.42 Å². The lowest BCUT2D eigenvalue weighted by Gasteiger charge is -2.12. The van der Waals surface area contributed by atoms with E-state index in [1.54, 1.807) is 0 Å². The molecule has 0 heterocycles. The molecule has 0 saturated heterocycles. The quantitative estimate of drug-likeness (QED) is 0.333. The van der Waals surface area contributed by atoms with Crippen molar-refractivity contribution in [3.63, 3.8) is 0 Å². The molecular weight excluding hydrogens is 192 g/mol. The zero-order chi connectivity index (χ0) is 12.2. The second-order valence-corrected chi connectivity index (χ2v) is 3.65. The largest absolute Gasteiger partial charge is 0.344 e. The third kappa shape index (κ3) is 19.9. The van der Waals surface area contributed by atoms with Crippen LogP contribution in [0.5, 0.6) is 0 Å². The summed E-state index contributed by atoms with van der Waals surface area (Å²) in [4.78, 5) is 0. The SMILES string of the molecule is C=C.CCCCCCCCCC(O)(O)O. The zero-order valence-corrected chi connectivity index (χ0v) is 9.91. The molecule has 0 aliphatic carbocycles. The Balaban J connectivity index is 0. The van der Waals surface area contributed by atoms with Crippen molar-refractivity contribution in [1.82, 2.24) is 0 Å². The molecule has 0 fully saturated rings. The summed E-state index contributed by atoms with van der Waals surface area (Å²) in [5, 5.41) is 25.7. The Kier molecular flexibility index (Phi) is 13.3. The number of hydrogen-bond donors (Lipinski definition) is 3. The van der Waals surface area contributed by atoms with Gasteiger partial charge in [0.15, 0.2) is 0 Å². The van der Waals surface area contributed by atoms with Gasteiger partial charge >= 0.3 is 0 Å². The Morgan fingerprint density at radius 3 is 1.60 bits per heavy atom. The normalized spacial score (nSPS) is 10.7. The van der Waals surface area contributed by atoms with Crippen molar-refractivity contribution < 1.29 is 15.3 Å². The maximum absolute atomic E-state index is 8.57. The lowest BCUT2D eigenvalue weighted by Crippen LogP contribution is -2.26. The highest BCUT2D eigenvalue weighted by Crippen LogP contribution is 2.11. The number of hydrogen-bond acceptors (Lipinski definition) is 3. The Morgan fingerprint density at radius 1 is 0.800 bits per heavy atom. The molecule has 0 radical (unpaired) electrons. The van der Waals surface area contributed by atoms with Crippen molar-refractivity contribution in [2.75, 3.05) is 0 Å². The molecule has 0 unspecified atom stereocenters. The van der Waals surface area contributed by atoms with Crippen molar-refractivity contribution in [3.05, 3.63) is 13.2 Å². The van der Waals surface area contributed by atoms with Crippen LogP contribution in [0.2, 0.25) is 0 Å². The van der Waals surface area contributed by atoms with Gasteiger partial charge in [-0.1, -0.05) is 45.4 Å². The van der Waals surface area contributed by atoms with Gasteiger partial charge in [0.25, 0.3) is 5.97 Å². The minimum absolute atomic E-state index is 0.0563. The lowest BCUT2D eigenvalue weighted by atomic mass is 10.1. The van der Waals surface area contributed by atoms with Crippen LogP contribution in [-0.2, 0) is 0 Å². The summed E-state index contributed by atoms with van der Waals surface area (Å²) in [5.74, 6) is -2.45. The van der Waals surface area contributed by atoms with Crippen LogP contribution in [0.3, 0.4) is 0 Å². The van der Waals surface area contributed by atoms with Gasteiger partial charge in [0.1, 0.15) is 0 Å². The minimum atomic E-state index is -2.45. The van der Waals surface area contributed by atoms with Crippen LogP contribution in [0, 0.1) is 0 Å². The average molecular weight is 218 g/mol. The Hall–Kier alpha value is -0.380. The standard InChI is InChI=1S/C10H22O3.C2H4/c1-2-3-4-5-6-7-8-9-10(11,12)13;1-2/h11-13H,2-9H2,1H3;1-2H2. The van der Waals surface area contributed by atoms with Crippen molar-refractivity contribution in [1.29, 1.82) is 0 Å². The molecule has 92 valence electrons.